The van der Waals surface area contributed by atoms with Gasteiger partial charge in [0.2, 0.25) is 0 Å². The van der Waals surface area contributed by atoms with Gasteiger partial charge in [0.1, 0.15) is 0 Å². The highest BCUT2D eigenvalue weighted by Gasteiger charge is 2.24. The number of nitrogens with zero attached hydrogens (tertiary/aromatic N) is 1. The molecule has 3 heteroatoms. The van der Waals surface area contributed by atoms with Crippen LogP contribution in [0.3, 0.4) is 0 Å². The summed E-state index contributed by atoms with van der Waals surface area (Å²) in [5.74, 6) is 2.02. The second kappa shape index (κ2) is 6.77. The number of rotatable bonds is 5. The first-order valence-electron chi connectivity index (χ1n) is 6.24. The summed E-state index contributed by atoms with van der Waals surface area (Å²) in [4.78, 5) is 2.64. The third-order valence-corrected chi connectivity index (χ3v) is 5.09. The van der Waals surface area contributed by atoms with E-state index < -0.39 is 0 Å². The van der Waals surface area contributed by atoms with Crippen LogP contribution in [0.15, 0.2) is 0 Å². The van der Waals surface area contributed by atoms with Crippen molar-refractivity contribution in [3.05, 3.63) is 0 Å². The summed E-state index contributed by atoms with van der Waals surface area (Å²) in [6, 6.07) is 0.735. The lowest BCUT2D eigenvalue weighted by Crippen LogP contribution is -2.45. The van der Waals surface area contributed by atoms with E-state index in [1.165, 1.54) is 31.7 Å². The number of hydrogen-bond donors (Lipinski definition) is 1. The lowest BCUT2D eigenvalue weighted by atomic mass is 10.0. The fourth-order valence-electron chi connectivity index (χ4n) is 2.15. The molecule has 0 aliphatic carbocycles. The van der Waals surface area contributed by atoms with Crippen LogP contribution in [0.2, 0.25) is 0 Å². The molecular weight excluding hydrogens is 204 g/mol. The van der Waals surface area contributed by atoms with Crippen LogP contribution in [0.4, 0.5) is 0 Å². The summed E-state index contributed by atoms with van der Waals surface area (Å²) >= 11 is 2.11. The Balaban J connectivity index is 2.30. The second-order valence-corrected chi connectivity index (χ2v) is 6.14. The van der Waals surface area contributed by atoms with Gasteiger partial charge in [0.15, 0.2) is 0 Å². The standard InChI is InChI=1S/C12H26N2S/c1-4-12(9-13)5-6-14-7-8-15-11(3)10(14)2/h10-12H,4-9,13H2,1-3H3. The molecule has 0 radical (unpaired) electrons. The van der Waals surface area contributed by atoms with Gasteiger partial charge < -0.3 is 5.73 Å². The maximum Gasteiger partial charge on any atom is 0.0184 e. The van der Waals surface area contributed by atoms with Gasteiger partial charge in [-0.05, 0) is 32.4 Å². The van der Waals surface area contributed by atoms with Crippen LogP contribution in [0.5, 0.6) is 0 Å². The Morgan fingerprint density at radius 1 is 1.47 bits per heavy atom. The van der Waals surface area contributed by atoms with Gasteiger partial charge in [0.25, 0.3) is 0 Å². The molecule has 1 heterocycles. The first-order chi connectivity index (χ1) is 7.19. The SMILES string of the molecule is CCC(CN)CCN1CCSC(C)C1C. The molecule has 0 aromatic rings. The molecule has 0 aromatic carbocycles. The zero-order valence-corrected chi connectivity index (χ0v) is 11.2. The van der Waals surface area contributed by atoms with E-state index in [1.54, 1.807) is 0 Å². The molecule has 1 saturated heterocycles. The van der Waals surface area contributed by atoms with Crippen molar-refractivity contribution < 1.29 is 0 Å². The zero-order chi connectivity index (χ0) is 11.3. The van der Waals surface area contributed by atoms with Crippen LogP contribution in [0.25, 0.3) is 0 Å². The van der Waals surface area contributed by atoms with Crippen molar-refractivity contribution in [2.45, 2.75) is 44.9 Å². The molecule has 0 spiro atoms. The van der Waals surface area contributed by atoms with Crippen LogP contribution in [0.1, 0.15) is 33.6 Å². The minimum Gasteiger partial charge on any atom is -0.330 e. The van der Waals surface area contributed by atoms with Crippen molar-refractivity contribution >= 4 is 11.8 Å². The van der Waals surface area contributed by atoms with Crippen LogP contribution in [-0.4, -0.2) is 41.6 Å². The smallest absolute Gasteiger partial charge is 0.0184 e. The maximum absolute atomic E-state index is 5.74. The van der Waals surface area contributed by atoms with E-state index in [1.807, 2.05) is 0 Å². The summed E-state index contributed by atoms with van der Waals surface area (Å²) in [6.07, 6.45) is 2.50. The minimum atomic E-state index is 0.724. The van der Waals surface area contributed by atoms with Crippen molar-refractivity contribution in [1.29, 1.82) is 0 Å². The fourth-order valence-corrected chi connectivity index (χ4v) is 3.31. The average molecular weight is 230 g/mol. The van der Waals surface area contributed by atoms with Crippen molar-refractivity contribution in [2.24, 2.45) is 11.7 Å². The number of hydrogen-bond acceptors (Lipinski definition) is 3. The molecule has 3 unspecified atom stereocenters. The van der Waals surface area contributed by atoms with E-state index >= 15 is 0 Å². The minimum absolute atomic E-state index is 0.724. The molecule has 2 nitrogen and oxygen atoms in total. The molecular formula is C12H26N2S. The summed E-state index contributed by atoms with van der Waals surface area (Å²) in [7, 11) is 0. The van der Waals surface area contributed by atoms with Crippen molar-refractivity contribution in [1.82, 2.24) is 4.90 Å². The van der Waals surface area contributed by atoms with E-state index in [9.17, 15) is 0 Å². The summed E-state index contributed by atoms with van der Waals surface area (Å²) in [6.45, 7) is 10.3. The van der Waals surface area contributed by atoms with E-state index in [4.69, 9.17) is 5.73 Å². The lowest BCUT2D eigenvalue weighted by Gasteiger charge is -2.38. The highest BCUT2D eigenvalue weighted by molar-refractivity contribution is 8.00. The Hall–Kier alpha value is 0.270. The van der Waals surface area contributed by atoms with Crippen molar-refractivity contribution in [2.75, 3.05) is 25.4 Å². The Kier molecular flexibility index (Phi) is 6.02. The van der Waals surface area contributed by atoms with Gasteiger partial charge in [-0.1, -0.05) is 20.3 Å². The topological polar surface area (TPSA) is 29.3 Å². The predicted molar refractivity (Wildman–Crippen MR) is 70.4 cm³/mol. The normalized spacial score (nSPS) is 30.4. The molecule has 0 bridgehead atoms. The molecule has 0 amide bonds. The van der Waals surface area contributed by atoms with E-state index in [-0.39, 0.29) is 0 Å². The molecule has 0 aromatic heterocycles. The number of nitrogens with two attached hydrogens (primary N) is 1. The fraction of sp³-hybridized carbons (Fsp3) is 1.00. The summed E-state index contributed by atoms with van der Waals surface area (Å²) in [5.41, 5.74) is 5.74. The third kappa shape index (κ3) is 3.97. The quantitative estimate of drug-likeness (QED) is 0.785. The highest BCUT2D eigenvalue weighted by atomic mass is 32.2. The van der Waals surface area contributed by atoms with Gasteiger partial charge >= 0.3 is 0 Å². The predicted octanol–water partition coefficient (Wildman–Crippen LogP) is 2.19. The van der Waals surface area contributed by atoms with Gasteiger partial charge in [-0.25, -0.2) is 0 Å². The maximum atomic E-state index is 5.74. The molecule has 0 saturated carbocycles. The Morgan fingerprint density at radius 2 is 2.20 bits per heavy atom. The molecule has 3 atom stereocenters. The first-order valence-corrected chi connectivity index (χ1v) is 7.29. The largest absolute Gasteiger partial charge is 0.330 e. The summed E-state index contributed by atoms with van der Waals surface area (Å²) in [5, 5.41) is 0.789. The van der Waals surface area contributed by atoms with Crippen molar-refractivity contribution in [3.63, 3.8) is 0 Å². The lowest BCUT2D eigenvalue weighted by molar-refractivity contribution is 0.197. The second-order valence-electron chi connectivity index (χ2n) is 4.65. The molecule has 1 aliphatic rings. The van der Waals surface area contributed by atoms with E-state index in [2.05, 4.69) is 37.4 Å². The van der Waals surface area contributed by atoms with E-state index in [0.717, 1.165) is 23.8 Å². The van der Waals surface area contributed by atoms with Crippen LogP contribution >= 0.6 is 11.8 Å². The third-order valence-electron chi connectivity index (χ3n) is 3.75. The molecule has 15 heavy (non-hydrogen) atoms. The molecule has 1 rings (SSSR count). The van der Waals surface area contributed by atoms with Gasteiger partial charge in [-0.3, -0.25) is 4.90 Å². The van der Waals surface area contributed by atoms with Crippen LogP contribution < -0.4 is 5.73 Å². The summed E-state index contributed by atoms with van der Waals surface area (Å²) < 4.78 is 0. The molecule has 90 valence electrons. The van der Waals surface area contributed by atoms with Gasteiger partial charge in [-0.15, -0.1) is 0 Å². The Morgan fingerprint density at radius 3 is 2.80 bits per heavy atom. The van der Waals surface area contributed by atoms with Gasteiger partial charge in [0.05, 0.1) is 0 Å². The van der Waals surface area contributed by atoms with Gasteiger partial charge in [0, 0.05) is 23.6 Å². The van der Waals surface area contributed by atoms with Gasteiger partial charge in [-0.2, -0.15) is 11.8 Å². The van der Waals surface area contributed by atoms with Crippen LogP contribution in [0, 0.1) is 5.92 Å². The zero-order valence-electron chi connectivity index (χ0n) is 10.4. The first kappa shape index (κ1) is 13.3. The molecule has 2 N–H and O–H groups in total. The molecule has 1 fully saturated rings. The highest BCUT2D eigenvalue weighted by Crippen LogP contribution is 2.24. The van der Waals surface area contributed by atoms with Crippen LogP contribution in [-0.2, 0) is 0 Å². The van der Waals surface area contributed by atoms with Crippen molar-refractivity contribution in [3.8, 4) is 0 Å². The van der Waals surface area contributed by atoms with E-state index in [0.29, 0.717) is 0 Å². The Labute approximate surface area is 99.0 Å². The monoisotopic (exact) mass is 230 g/mol. The Bertz CT molecular complexity index is 171. The number of thioether (sulfide) groups is 1. The molecule has 1 aliphatic heterocycles. The average Bonchev–Trinajstić information content (AvgIpc) is 2.25.